The summed E-state index contributed by atoms with van der Waals surface area (Å²) in [5.41, 5.74) is 2.25. The molecule has 0 heterocycles. The summed E-state index contributed by atoms with van der Waals surface area (Å²) in [4.78, 5) is 25.1. The van der Waals surface area contributed by atoms with Crippen LogP contribution < -0.4 is 0 Å². The molecule has 2 nitrogen and oxygen atoms in total. The van der Waals surface area contributed by atoms with Gasteiger partial charge in [0.1, 0.15) is 0 Å². The van der Waals surface area contributed by atoms with E-state index in [1.807, 2.05) is 72.8 Å². The van der Waals surface area contributed by atoms with Gasteiger partial charge in [-0.15, -0.1) is 0 Å². The van der Waals surface area contributed by atoms with Gasteiger partial charge in [0, 0.05) is 11.1 Å². The number of Topliss-reactive ketones (excluding diaryl/α,β-unsaturated/α-hetero) is 2. The van der Waals surface area contributed by atoms with Gasteiger partial charge in [-0.1, -0.05) is 66.7 Å². The largest absolute Gasteiger partial charge is 0.288 e. The van der Waals surface area contributed by atoms with Crippen LogP contribution in [0.1, 0.15) is 26.3 Å². The van der Waals surface area contributed by atoms with Crippen molar-refractivity contribution in [2.75, 3.05) is 0 Å². The molecular weight excluding hydrogens is 296 g/mol. The Kier molecular flexibility index (Phi) is 3.43. The maximum Gasteiger partial charge on any atom is 0.197 e. The van der Waals surface area contributed by atoms with Crippen LogP contribution in [-0.2, 0) is 0 Å². The lowest BCUT2D eigenvalue weighted by atomic mass is 10.0. The predicted molar refractivity (Wildman–Crippen MR) is 96.2 cm³/mol. The molecule has 24 heavy (non-hydrogen) atoms. The summed E-state index contributed by atoms with van der Waals surface area (Å²) in [7, 11) is 0. The molecule has 0 fully saturated rings. The number of ketones is 2. The first-order chi connectivity index (χ1) is 11.7. The van der Waals surface area contributed by atoms with E-state index >= 15 is 0 Å². The fourth-order valence-electron chi connectivity index (χ4n) is 2.98. The van der Waals surface area contributed by atoms with Crippen LogP contribution in [0.15, 0.2) is 84.5 Å². The molecule has 0 radical (unpaired) electrons. The van der Waals surface area contributed by atoms with Gasteiger partial charge in [0.25, 0.3) is 0 Å². The van der Waals surface area contributed by atoms with Crippen LogP contribution in [0.4, 0.5) is 0 Å². The number of fused-ring (bicyclic) bond motifs is 2. The zero-order valence-electron chi connectivity index (χ0n) is 12.9. The zero-order valence-corrected chi connectivity index (χ0v) is 12.9. The van der Waals surface area contributed by atoms with Crippen LogP contribution in [-0.4, -0.2) is 11.6 Å². The summed E-state index contributed by atoms with van der Waals surface area (Å²) < 4.78 is 0. The fourth-order valence-corrected chi connectivity index (χ4v) is 2.98. The van der Waals surface area contributed by atoms with Gasteiger partial charge in [-0.2, -0.15) is 0 Å². The second-order valence-corrected chi connectivity index (χ2v) is 5.75. The van der Waals surface area contributed by atoms with Crippen molar-refractivity contribution in [3.8, 4) is 0 Å². The van der Waals surface area contributed by atoms with E-state index < -0.39 is 0 Å². The van der Waals surface area contributed by atoms with Crippen molar-refractivity contribution in [1.82, 2.24) is 0 Å². The van der Waals surface area contributed by atoms with Crippen LogP contribution in [0.3, 0.4) is 0 Å². The summed E-state index contributed by atoms with van der Waals surface area (Å²) in [6, 6.07) is 21.1. The molecule has 0 saturated carbocycles. The fraction of sp³-hybridized carbons (Fsp3) is 0. The predicted octanol–water partition coefficient (Wildman–Crippen LogP) is 4.86. The van der Waals surface area contributed by atoms with Crippen molar-refractivity contribution < 1.29 is 9.59 Å². The molecular formula is C22H14O2. The maximum atomic E-state index is 12.6. The highest BCUT2D eigenvalue weighted by Gasteiger charge is 2.32. The Bertz CT molecular complexity index is 968. The van der Waals surface area contributed by atoms with Gasteiger partial charge < -0.3 is 0 Å². The van der Waals surface area contributed by atoms with Gasteiger partial charge in [-0.25, -0.2) is 0 Å². The number of carbonyl (C=O) groups is 2. The van der Waals surface area contributed by atoms with Crippen molar-refractivity contribution in [1.29, 1.82) is 0 Å². The van der Waals surface area contributed by atoms with Crippen molar-refractivity contribution in [2.24, 2.45) is 0 Å². The third-order valence-corrected chi connectivity index (χ3v) is 4.22. The third-order valence-electron chi connectivity index (χ3n) is 4.22. The van der Waals surface area contributed by atoms with Crippen molar-refractivity contribution >= 4 is 28.4 Å². The molecule has 0 amide bonds. The minimum absolute atomic E-state index is 0.196. The molecule has 3 aromatic rings. The highest BCUT2D eigenvalue weighted by atomic mass is 16.2. The summed E-state index contributed by atoms with van der Waals surface area (Å²) in [5.74, 6) is -0.392. The molecule has 0 atom stereocenters. The van der Waals surface area contributed by atoms with Gasteiger partial charge >= 0.3 is 0 Å². The summed E-state index contributed by atoms with van der Waals surface area (Å²) in [6.45, 7) is 0. The first-order valence-electron chi connectivity index (χ1n) is 7.79. The van der Waals surface area contributed by atoms with Crippen molar-refractivity contribution in [3.05, 3.63) is 101 Å². The molecule has 1 aliphatic rings. The van der Waals surface area contributed by atoms with Crippen LogP contribution in [0.2, 0.25) is 0 Å². The SMILES string of the molecule is O=C1C(=CC=Cc2ccccc2)C(=O)c2cc3ccccc3cc21. The molecule has 4 rings (SSSR count). The molecule has 0 spiro atoms. The number of rotatable bonds is 2. The van der Waals surface area contributed by atoms with Crippen LogP contribution in [0.5, 0.6) is 0 Å². The number of hydrogen-bond acceptors (Lipinski definition) is 2. The summed E-state index contributed by atoms with van der Waals surface area (Å²) in [5, 5.41) is 1.94. The Labute approximate surface area is 139 Å². The van der Waals surface area contributed by atoms with Crippen LogP contribution in [0.25, 0.3) is 16.8 Å². The average molecular weight is 310 g/mol. The van der Waals surface area contributed by atoms with Crippen molar-refractivity contribution in [2.45, 2.75) is 0 Å². The smallest absolute Gasteiger partial charge is 0.197 e. The van der Waals surface area contributed by atoms with Gasteiger partial charge in [0.2, 0.25) is 0 Å². The summed E-state index contributed by atoms with van der Waals surface area (Å²) >= 11 is 0. The minimum atomic E-state index is -0.196. The van der Waals surface area contributed by atoms with Crippen molar-refractivity contribution in [3.63, 3.8) is 0 Å². The number of carbonyl (C=O) groups excluding carboxylic acids is 2. The second-order valence-electron chi connectivity index (χ2n) is 5.75. The first-order valence-corrected chi connectivity index (χ1v) is 7.79. The Morgan fingerprint density at radius 1 is 0.667 bits per heavy atom. The van der Waals surface area contributed by atoms with Gasteiger partial charge in [-0.05, 0) is 34.5 Å². The molecule has 0 saturated heterocycles. The van der Waals surface area contributed by atoms with Gasteiger partial charge in [0.05, 0.1) is 5.57 Å². The maximum absolute atomic E-state index is 12.6. The van der Waals surface area contributed by atoms with E-state index in [9.17, 15) is 9.59 Å². The molecule has 2 heteroatoms. The van der Waals surface area contributed by atoms with E-state index in [1.165, 1.54) is 0 Å². The van der Waals surface area contributed by atoms with E-state index in [0.717, 1.165) is 16.3 Å². The summed E-state index contributed by atoms with van der Waals surface area (Å²) in [6.07, 6.45) is 5.25. The first kappa shape index (κ1) is 14.3. The molecule has 0 N–H and O–H groups in total. The highest BCUT2D eigenvalue weighted by Crippen LogP contribution is 2.30. The zero-order chi connectivity index (χ0) is 16.5. The number of benzene rings is 3. The van der Waals surface area contributed by atoms with E-state index in [0.29, 0.717) is 11.1 Å². The van der Waals surface area contributed by atoms with E-state index in [-0.39, 0.29) is 17.1 Å². The second kappa shape index (κ2) is 5.74. The topological polar surface area (TPSA) is 34.1 Å². The average Bonchev–Trinajstić information content (AvgIpc) is 2.85. The van der Waals surface area contributed by atoms with E-state index in [4.69, 9.17) is 0 Å². The number of allylic oxidation sites excluding steroid dienone is 3. The Morgan fingerprint density at radius 2 is 1.21 bits per heavy atom. The monoisotopic (exact) mass is 310 g/mol. The van der Waals surface area contributed by atoms with Crippen LogP contribution >= 0.6 is 0 Å². The van der Waals surface area contributed by atoms with E-state index in [2.05, 4.69) is 0 Å². The van der Waals surface area contributed by atoms with Crippen LogP contribution in [0, 0.1) is 0 Å². The lowest BCUT2D eigenvalue weighted by Crippen LogP contribution is -1.99. The standard InChI is InChI=1S/C22H14O2/c23-21-18(12-6-9-15-7-2-1-3-8-15)22(24)20-14-17-11-5-4-10-16(17)13-19(20)21/h1-14H. The molecule has 0 aromatic heterocycles. The molecule has 0 bridgehead atoms. The molecule has 114 valence electrons. The normalized spacial score (nSPS) is 13.8. The third kappa shape index (κ3) is 2.38. The lowest BCUT2D eigenvalue weighted by Gasteiger charge is -2.00. The van der Waals surface area contributed by atoms with Gasteiger partial charge in [0.15, 0.2) is 11.6 Å². The van der Waals surface area contributed by atoms with E-state index in [1.54, 1.807) is 12.2 Å². The number of hydrogen-bond donors (Lipinski definition) is 0. The Balaban J connectivity index is 1.72. The molecule has 1 aliphatic carbocycles. The molecule has 0 unspecified atom stereocenters. The lowest BCUT2D eigenvalue weighted by molar-refractivity contribution is 0.0989. The van der Waals surface area contributed by atoms with Gasteiger partial charge in [-0.3, -0.25) is 9.59 Å². The highest BCUT2D eigenvalue weighted by molar-refractivity contribution is 6.40. The molecule has 3 aromatic carbocycles. The Hall–Kier alpha value is -3.26. The molecule has 0 aliphatic heterocycles. The quantitative estimate of drug-likeness (QED) is 0.500. The minimum Gasteiger partial charge on any atom is -0.288 e. The Morgan fingerprint density at radius 3 is 1.79 bits per heavy atom.